The molecule has 0 saturated heterocycles. The first kappa shape index (κ1) is 20.2. The average molecular weight is 399 g/mol. The molecule has 3 aromatic rings. The van der Waals surface area contributed by atoms with Crippen molar-refractivity contribution in [3.8, 4) is 11.5 Å². The molecule has 3 rings (SSSR count). The number of aliphatic hydroxyl groups is 1. The summed E-state index contributed by atoms with van der Waals surface area (Å²) in [6.07, 6.45) is 0. The zero-order chi connectivity index (χ0) is 20.0. The van der Waals surface area contributed by atoms with Crippen molar-refractivity contribution in [3.63, 3.8) is 0 Å². The van der Waals surface area contributed by atoms with Gasteiger partial charge in [-0.05, 0) is 53.1 Å². The van der Waals surface area contributed by atoms with Crippen LogP contribution in [0.3, 0.4) is 0 Å². The number of rotatable bonds is 8. The Kier molecular flexibility index (Phi) is 6.57. The van der Waals surface area contributed by atoms with Gasteiger partial charge in [-0.25, -0.2) is 0 Å². The molecule has 0 atom stereocenters. The zero-order valence-corrected chi connectivity index (χ0v) is 16.6. The summed E-state index contributed by atoms with van der Waals surface area (Å²) in [7, 11) is 3.26. The van der Waals surface area contributed by atoms with Gasteiger partial charge in [0.25, 0.3) is 0 Å². The maximum absolute atomic E-state index is 9.49. The minimum absolute atomic E-state index is 0.0956. The van der Waals surface area contributed by atoms with Crippen LogP contribution in [0.4, 0.5) is 0 Å². The Labute approximate surface area is 170 Å². The quantitative estimate of drug-likeness (QED) is 0.561. The van der Waals surface area contributed by atoms with Crippen LogP contribution in [-0.2, 0) is 10.3 Å². The zero-order valence-electron chi connectivity index (χ0n) is 15.9. The van der Waals surface area contributed by atoms with Gasteiger partial charge in [-0.2, -0.15) is 0 Å². The second kappa shape index (κ2) is 9.11. The molecule has 0 bridgehead atoms. The van der Waals surface area contributed by atoms with Crippen LogP contribution in [0.2, 0.25) is 5.02 Å². The summed E-state index contributed by atoms with van der Waals surface area (Å²) < 4.78 is 17.0. The first-order valence-corrected chi connectivity index (χ1v) is 9.31. The fraction of sp³-hybridized carbons (Fsp3) is 0.217. The van der Waals surface area contributed by atoms with Gasteiger partial charge in [0.1, 0.15) is 17.1 Å². The first-order chi connectivity index (χ1) is 13.6. The summed E-state index contributed by atoms with van der Waals surface area (Å²) in [6.45, 7) is 0.0718. The van der Waals surface area contributed by atoms with Crippen LogP contribution in [0, 0.1) is 0 Å². The third kappa shape index (κ3) is 3.99. The molecule has 0 aromatic heterocycles. The van der Waals surface area contributed by atoms with Gasteiger partial charge in [-0.15, -0.1) is 0 Å². The van der Waals surface area contributed by atoms with Crippen LogP contribution in [0.15, 0.2) is 72.8 Å². The molecule has 0 fully saturated rings. The van der Waals surface area contributed by atoms with E-state index in [1.807, 2.05) is 72.8 Å². The highest BCUT2D eigenvalue weighted by molar-refractivity contribution is 6.30. The van der Waals surface area contributed by atoms with E-state index in [-0.39, 0.29) is 13.2 Å². The fourth-order valence-electron chi connectivity index (χ4n) is 3.28. The van der Waals surface area contributed by atoms with Gasteiger partial charge in [-0.3, -0.25) is 0 Å². The number of methoxy groups -OCH3 is 2. The van der Waals surface area contributed by atoms with E-state index in [2.05, 4.69) is 0 Å². The number of ether oxygens (including phenoxy) is 3. The second-order valence-corrected chi connectivity index (χ2v) is 6.65. The molecule has 0 saturated carbocycles. The molecule has 0 aliphatic rings. The molecule has 0 unspecified atom stereocenters. The maximum atomic E-state index is 9.49. The normalized spacial score (nSPS) is 11.3. The summed E-state index contributed by atoms with van der Waals surface area (Å²) >= 11 is 6.12. The van der Waals surface area contributed by atoms with Gasteiger partial charge in [0, 0.05) is 5.02 Å². The molecule has 0 aliphatic carbocycles. The largest absolute Gasteiger partial charge is 0.497 e. The Morgan fingerprint density at radius 3 is 1.46 bits per heavy atom. The third-order valence-corrected chi connectivity index (χ3v) is 4.91. The summed E-state index contributed by atoms with van der Waals surface area (Å²) in [4.78, 5) is 0. The standard InChI is InChI=1S/C23H23ClO4/c1-26-21-11-5-18(6-12-21)23(28-16-15-25,17-3-9-20(24)10-4-17)19-7-13-22(27-2)14-8-19/h3-14,25H,15-16H2,1-2H3. The molecule has 5 heteroatoms. The highest BCUT2D eigenvalue weighted by atomic mass is 35.5. The van der Waals surface area contributed by atoms with Crippen molar-refractivity contribution in [2.75, 3.05) is 27.4 Å². The number of benzene rings is 3. The van der Waals surface area contributed by atoms with Crippen molar-refractivity contribution < 1.29 is 19.3 Å². The van der Waals surface area contributed by atoms with Crippen molar-refractivity contribution in [1.29, 1.82) is 0 Å². The van der Waals surface area contributed by atoms with E-state index < -0.39 is 5.60 Å². The van der Waals surface area contributed by atoms with E-state index in [1.54, 1.807) is 14.2 Å². The molecule has 4 nitrogen and oxygen atoms in total. The van der Waals surface area contributed by atoms with Crippen molar-refractivity contribution in [1.82, 2.24) is 0 Å². The van der Waals surface area contributed by atoms with Crippen LogP contribution >= 0.6 is 11.6 Å². The molecule has 3 aromatic carbocycles. The third-order valence-electron chi connectivity index (χ3n) is 4.65. The maximum Gasteiger partial charge on any atom is 0.143 e. The van der Waals surface area contributed by atoms with Crippen LogP contribution in [0.25, 0.3) is 0 Å². The van der Waals surface area contributed by atoms with E-state index >= 15 is 0 Å². The summed E-state index contributed by atoms with van der Waals surface area (Å²) in [5.74, 6) is 1.51. The predicted octanol–water partition coefficient (Wildman–Crippen LogP) is 4.66. The molecule has 1 N–H and O–H groups in total. The first-order valence-electron chi connectivity index (χ1n) is 8.94. The second-order valence-electron chi connectivity index (χ2n) is 6.22. The Morgan fingerprint density at radius 1 is 0.714 bits per heavy atom. The van der Waals surface area contributed by atoms with Gasteiger partial charge in [0.2, 0.25) is 0 Å². The minimum atomic E-state index is -0.925. The lowest BCUT2D eigenvalue weighted by molar-refractivity contribution is -0.00648. The molecular weight excluding hydrogens is 376 g/mol. The Hall–Kier alpha value is -2.53. The van der Waals surface area contributed by atoms with Crippen LogP contribution < -0.4 is 9.47 Å². The lowest BCUT2D eigenvalue weighted by atomic mass is 9.80. The van der Waals surface area contributed by atoms with Crippen molar-refractivity contribution in [2.24, 2.45) is 0 Å². The van der Waals surface area contributed by atoms with Crippen LogP contribution in [-0.4, -0.2) is 32.5 Å². The monoisotopic (exact) mass is 398 g/mol. The van der Waals surface area contributed by atoms with Crippen molar-refractivity contribution >= 4 is 11.6 Å². The molecule has 146 valence electrons. The van der Waals surface area contributed by atoms with Crippen LogP contribution in [0.1, 0.15) is 16.7 Å². The van der Waals surface area contributed by atoms with E-state index in [9.17, 15) is 5.11 Å². The van der Waals surface area contributed by atoms with Gasteiger partial charge in [0.15, 0.2) is 0 Å². The fourth-order valence-corrected chi connectivity index (χ4v) is 3.41. The molecule has 0 radical (unpaired) electrons. The molecule has 28 heavy (non-hydrogen) atoms. The van der Waals surface area contributed by atoms with Crippen LogP contribution in [0.5, 0.6) is 11.5 Å². The molecule has 0 aliphatic heterocycles. The number of halogens is 1. The molecule has 0 heterocycles. The molecular formula is C23H23ClO4. The molecule has 0 spiro atoms. The van der Waals surface area contributed by atoms with Gasteiger partial charge in [-0.1, -0.05) is 48.0 Å². The van der Waals surface area contributed by atoms with Gasteiger partial charge >= 0.3 is 0 Å². The minimum Gasteiger partial charge on any atom is -0.497 e. The lowest BCUT2D eigenvalue weighted by Crippen LogP contribution is -2.34. The lowest BCUT2D eigenvalue weighted by Gasteiger charge is -2.36. The Bertz CT molecular complexity index is 826. The molecule has 0 amide bonds. The van der Waals surface area contributed by atoms with E-state index in [0.29, 0.717) is 5.02 Å². The average Bonchev–Trinajstić information content (AvgIpc) is 2.76. The van der Waals surface area contributed by atoms with Gasteiger partial charge < -0.3 is 19.3 Å². The number of hydrogen-bond acceptors (Lipinski definition) is 4. The van der Waals surface area contributed by atoms with E-state index in [1.165, 1.54) is 0 Å². The predicted molar refractivity (Wildman–Crippen MR) is 110 cm³/mol. The van der Waals surface area contributed by atoms with E-state index in [4.69, 9.17) is 25.8 Å². The highest BCUT2D eigenvalue weighted by Gasteiger charge is 2.37. The van der Waals surface area contributed by atoms with Gasteiger partial charge in [0.05, 0.1) is 27.4 Å². The Morgan fingerprint density at radius 2 is 1.11 bits per heavy atom. The van der Waals surface area contributed by atoms with E-state index in [0.717, 1.165) is 28.2 Å². The SMILES string of the molecule is COc1ccc(C(OCCO)(c2ccc(Cl)cc2)c2ccc(OC)cc2)cc1. The number of aliphatic hydroxyl groups excluding tert-OH is 1. The van der Waals surface area contributed by atoms with Crippen molar-refractivity contribution in [3.05, 3.63) is 94.5 Å². The summed E-state index contributed by atoms with van der Waals surface area (Å²) in [5, 5.41) is 10.1. The topological polar surface area (TPSA) is 47.9 Å². The smallest absolute Gasteiger partial charge is 0.143 e. The Balaban J connectivity index is 2.24. The van der Waals surface area contributed by atoms with Crippen molar-refractivity contribution in [2.45, 2.75) is 5.60 Å². The number of hydrogen-bond donors (Lipinski definition) is 1. The summed E-state index contributed by atoms with van der Waals surface area (Å²) in [6, 6.07) is 23.0. The summed E-state index contributed by atoms with van der Waals surface area (Å²) in [5.41, 5.74) is 1.80. The highest BCUT2D eigenvalue weighted by Crippen LogP contribution is 2.41.